The number of piperidine rings is 1. The molecule has 2 bridgehead atoms. The molecular weight excluding hydrogens is 340 g/mol. The highest BCUT2D eigenvalue weighted by Crippen LogP contribution is 2.40. The average Bonchev–Trinajstić information content (AvgIpc) is 3.32. The van der Waals surface area contributed by atoms with E-state index in [1.807, 2.05) is 16.9 Å². The lowest BCUT2D eigenvalue weighted by atomic mass is 9.97. The number of carbonyl (C=O) groups is 1. The van der Waals surface area contributed by atoms with Gasteiger partial charge in [0.15, 0.2) is 0 Å². The van der Waals surface area contributed by atoms with Gasteiger partial charge < -0.3 is 9.64 Å². The van der Waals surface area contributed by atoms with Gasteiger partial charge in [-0.25, -0.2) is 0 Å². The summed E-state index contributed by atoms with van der Waals surface area (Å²) in [5, 5.41) is 8.60. The number of rotatable bonds is 7. The van der Waals surface area contributed by atoms with Crippen LogP contribution in [0.1, 0.15) is 57.1 Å². The fourth-order valence-corrected chi connectivity index (χ4v) is 4.51. The van der Waals surface area contributed by atoms with E-state index in [-0.39, 0.29) is 0 Å². The number of aromatic nitrogens is 3. The highest BCUT2D eigenvalue weighted by atomic mass is 16.5. The van der Waals surface area contributed by atoms with Gasteiger partial charge in [0, 0.05) is 18.5 Å². The van der Waals surface area contributed by atoms with E-state index in [9.17, 15) is 4.79 Å². The van der Waals surface area contributed by atoms with Gasteiger partial charge in [0.1, 0.15) is 5.75 Å². The minimum Gasteiger partial charge on any atom is -0.494 e. The number of hydrogen-bond donors (Lipinski definition) is 0. The van der Waals surface area contributed by atoms with Gasteiger partial charge in [-0.1, -0.05) is 19.1 Å². The van der Waals surface area contributed by atoms with Crippen molar-refractivity contribution in [1.82, 2.24) is 19.9 Å². The Morgan fingerprint density at radius 1 is 1.07 bits per heavy atom. The third kappa shape index (κ3) is 3.99. The Kier molecular flexibility index (Phi) is 5.41. The maximum atomic E-state index is 12.9. The zero-order valence-electron chi connectivity index (χ0n) is 16.0. The van der Waals surface area contributed by atoms with Gasteiger partial charge >= 0.3 is 0 Å². The molecule has 6 heteroatoms. The summed E-state index contributed by atoms with van der Waals surface area (Å²) in [7, 11) is 0. The lowest BCUT2D eigenvalue weighted by Gasteiger charge is -2.38. The first-order valence-electron chi connectivity index (χ1n) is 10.1. The normalized spacial score (nSPS) is 24.2. The van der Waals surface area contributed by atoms with Gasteiger partial charge in [-0.05, 0) is 56.2 Å². The third-order valence-corrected chi connectivity index (χ3v) is 5.78. The number of aryl methyl sites for hydroxylation is 1. The Morgan fingerprint density at radius 3 is 2.37 bits per heavy atom. The van der Waals surface area contributed by atoms with E-state index < -0.39 is 0 Å². The first kappa shape index (κ1) is 18.0. The summed E-state index contributed by atoms with van der Waals surface area (Å²) in [6.07, 6.45) is 10.00. The lowest BCUT2D eigenvalue weighted by molar-refractivity contribution is -0.136. The molecule has 2 aliphatic rings. The first-order chi connectivity index (χ1) is 13.2. The Labute approximate surface area is 160 Å². The molecule has 2 saturated heterocycles. The molecule has 1 aromatic heterocycles. The molecule has 27 heavy (non-hydrogen) atoms. The van der Waals surface area contributed by atoms with Crippen LogP contribution in [0, 0.1) is 0 Å². The number of hydrogen-bond acceptors (Lipinski definition) is 4. The van der Waals surface area contributed by atoms with Crippen LogP contribution < -0.4 is 4.74 Å². The van der Waals surface area contributed by atoms with E-state index >= 15 is 0 Å². The standard InChI is InChI=1S/C21H28N4O2/c1-2-13-27-20-8-3-16(4-9-20)5-10-21(26)24-17-6-7-18(24)15-19(14-17)25-22-11-12-23-25/h3-4,8-9,11-12,17-19H,2,5-7,10,13-15H2,1H3. The molecule has 0 spiro atoms. The molecule has 2 fully saturated rings. The zero-order valence-corrected chi connectivity index (χ0v) is 16.0. The molecule has 2 aromatic rings. The Hall–Kier alpha value is -2.37. The van der Waals surface area contributed by atoms with E-state index in [2.05, 4.69) is 34.2 Å². The minimum absolute atomic E-state index is 0.292. The van der Waals surface area contributed by atoms with Gasteiger partial charge in [-0.15, -0.1) is 0 Å². The minimum atomic E-state index is 0.292. The Balaban J connectivity index is 1.31. The fourth-order valence-electron chi connectivity index (χ4n) is 4.51. The fraction of sp³-hybridized carbons (Fsp3) is 0.571. The van der Waals surface area contributed by atoms with Crippen LogP contribution >= 0.6 is 0 Å². The van der Waals surface area contributed by atoms with Gasteiger partial charge in [0.2, 0.25) is 5.91 Å². The summed E-state index contributed by atoms with van der Waals surface area (Å²) in [5.74, 6) is 1.19. The van der Waals surface area contributed by atoms with E-state index in [1.54, 1.807) is 12.4 Å². The smallest absolute Gasteiger partial charge is 0.223 e. The van der Waals surface area contributed by atoms with Crippen molar-refractivity contribution in [2.24, 2.45) is 0 Å². The predicted molar refractivity (Wildman–Crippen MR) is 102 cm³/mol. The van der Waals surface area contributed by atoms with Crippen LogP contribution in [-0.2, 0) is 11.2 Å². The molecule has 0 saturated carbocycles. The van der Waals surface area contributed by atoms with Crippen molar-refractivity contribution >= 4 is 5.91 Å². The quantitative estimate of drug-likeness (QED) is 0.752. The van der Waals surface area contributed by atoms with Crippen LogP contribution in [0.3, 0.4) is 0 Å². The molecule has 1 aromatic carbocycles. The molecule has 2 atom stereocenters. The van der Waals surface area contributed by atoms with Gasteiger partial charge in [0.05, 0.1) is 25.0 Å². The molecule has 4 rings (SSSR count). The third-order valence-electron chi connectivity index (χ3n) is 5.78. The molecule has 144 valence electrons. The predicted octanol–water partition coefficient (Wildman–Crippen LogP) is 3.39. The number of benzene rings is 1. The van der Waals surface area contributed by atoms with Crippen molar-refractivity contribution < 1.29 is 9.53 Å². The van der Waals surface area contributed by atoms with Crippen molar-refractivity contribution in [3.05, 3.63) is 42.2 Å². The monoisotopic (exact) mass is 368 g/mol. The lowest BCUT2D eigenvalue weighted by Crippen LogP contribution is -2.47. The van der Waals surface area contributed by atoms with Crippen LogP contribution in [0.5, 0.6) is 5.75 Å². The Morgan fingerprint density at radius 2 is 1.74 bits per heavy atom. The number of ether oxygens (including phenoxy) is 1. The van der Waals surface area contributed by atoms with Crippen LogP contribution in [-0.4, -0.2) is 44.5 Å². The van der Waals surface area contributed by atoms with Crippen molar-refractivity contribution in [1.29, 1.82) is 0 Å². The van der Waals surface area contributed by atoms with Crippen LogP contribution in [0.4, 0.5) is 0 Å². The maximum absolute atomic E-state index is 12.9. The summed E-state index contributed by atoms with van der Waals surface area (Å²) < 4.78 is 5.62. The van der Waals surface area contributed by atoms with Crippen LogP contribution in [0.15, 0.2) is 36.7 Å². The van der Waals surface area contributed by atoms with E-state index in [4.69, 9.17) is 4.74 Å². The van der Waals surface area contributed by atoms with E-state index in [1.165, 1.54) is 5.56 Å². The largest absolute Gasteiger partial charge is 0.494 e. The molecule has 3 heterocycles. The van der Waals surface area contributed by atoms with Crippen LogP contribution in [0.2, 0.25) is 0 Å². The average molecular weight is 368 g/mol. The summed E-state index contributed by atoms with van der Waals surface area (Å²) in [6, 6.07) is 9.17. The highest BCUT2D eigenvalue weighted by Gasteiger charge is 2.43. The van der Waals surface area contributed by atoms with Crippen LogP contribution in [0.25, 0.3) is 0 Å². The first-order valence-corrected chi connectivity index (χ1v) is 10.1. The summed E-state index contributed by atoms with van der Waals surface area (Å²) in [6.45, 7) is 2.84. The molecule has 2 aliphatic heterocycles. The van der Waals surface area contributed by atoms with Gasteiger partial charge in [-0.3, -0.25) is 4.79 Å². The van der Waals surface area contributed by atoms with Gasteiger partial charge in [-0.2, -0.15) is 15.0 Å². The van der Waals surface area contributed by atoms with Crippen molar-refractivity contribution in [2.75, 3.05) is 6.61 Å². The van der Waals surface area contributed by atoms with Gasteiger partial charge in [0.25, 0.3) is 0 Å². The summed E-state index contributed by atoms with van der Waals surface area (Å²) >= 11 is 0. The maximum Gasteiger partial charge on any atom is 0.223 e. The second-order valence-corrected chi connectivity index (χ2v) is 7.65. The van der Waals surface area contributed by atoms with E-state index in [0.29, 0.717) is 30.5 Å². The molecule has 0 radical (unpaired) electrons. The summed E-state index contributed by atoms with van der Waals surface area (Å²) in [5.41, 5.74) is 1.19. The summed E-state index contributed by atoms with van der Waals surface area (Å²) in [4.78, 5) is 16.9. The van der Waals surface area contributed by atoms with Crippen molar-refractivity contribution in [2.45, 2.75) is 70.0 Å². The SMILES string of the molecule is CCCOc1ccc(CCC(=O)N2C3CCC2CC(n2nccn2)C3)cc1. The molecular formula is C21H28N4O2. The molecule has 6 nitrogen and oxygen atoms in total. The second-order valence-electron chi connectivity index (χ2n) is 7.65. The molecule has 2 unspecified atom stereocenters. The molecule has 0 N–H and O–H groups in total. The zero-order chi connectivity index (χ0) is 18.6. The molecule has 0 aliphatic carbocycles. The van der Waals surface area contributed by atoms with Crippen molar-refractivity contribution in [3.63, 3.8) is 0 Å². The Bertz CT molecular complexity index is 730. The van der Waals surface area contributed by atoms with Crippen molar-refractivity contribution in [3.8, 4) is 5.75 Å². The number of carbonyl (C=O) groups excluding carboxylic acids is 1. The number of amides is 1. The molecule has 1 amide bonds. The highest BCUT2D eigenvalue weighted by molar-refractivity contribution is 5.77. The number of fused-ring (bicyclic) bond motifs is 2. The van der Waals surface area contributed by atoms with E-state index in [0.717, 1.165) is 50.9 Å². The second kappa shape index (κ2) is 8.11. The number of nitrogens with zero attached hydrogens (tertiary/aromatic N) is 4. The topological polar surface area (TPSA) is 60.2 Å².